The lowest BCUT2D eigenvalue weighted by atomic mass is 10.0. The number of aromatic nitrogens is 2. The average molecular weight is 443 g/mol. The van der Waals surface area contributed by atoms with Crippen molar-refractivity contribution in [3.05, 3.63) is 73.7 Å². The number of aryl methyl sites for hydroxylation is 1. The average Bonchev–Trinajstić information content (AvgIpc) is 3.12. The van der Waals surface area contributed by atoms with Gasteiger partial charge in [-0.2, -0.15) is 0 Å². The van der Waals surface area contributed by atoms with E-state index in [1.54, 1.807) is 12.1 Å². The molecule has 1 aliphatic rings. The van der Waals surface area contributed by atoms with E-state index in [9.17, 15) is 19.8 Å². The number of aliphatic hydroxyl groups excluding tert-OH is 1. The molecule has 3 aromatic rings. The van der Waals surface area contributed by atoms with E-state index in [-0.39, 0.29) is 10.6 Å². The van der Waals surface area contributed by atoms with Gasteiger partial charge in [-0.3, -0.25) is 9.78 Å². The number of aliphatic hydroxyl groups is 1. The first kappa shape index (κ1) is 21.4. The maximum absolute atomic E-state index is 11.8. The number of hydrogen-bond acceptors (Lipinski definition) is 7. The Kier molecular flexibility index (Phi) is 6.26. The highest BCUT2D eigenvalue weighted by Gasteiger charge is 2.20. The minimum absolute atomic E-state index is 0.236. The molecule has 0 spiro atoms. The molecule has 4 N–H and O–H groups in total. The van der Waals surface area contributed by atoms with Crippen LogP contribution in [0.25, 0.3) is 5.69 Å². The first-order valence-corrected chi connectivity index (χ1v) is 11.1. The van der Waals surface area contributed by atoms with Crippen LogP contribution in [0.15, 0.2) is 52.1 Å². The first-order valence-electron chi connectivity index (χ1n) is 10.3. The normalized spacial score (nSPS) is 15.9. The minimum atomic E-state index is -0.614. The zero-order chi connectivity index (χ0) is 22.0. The van der Waals surface area contributed by atoms with Gasteiger partial charge in [0.05, 0.1) is 11.8 Å². The second-order valence-electron chi connectivity index (χ2n) is 7.85. The molecule has 8 nitrogen and oxygen atoms in total. The summed E-state index contributed by atoms with van der Waals surface area (Å²) in [6.07, 6.45) is 1.31. The molecule has 1 fully saturated rings. The van der Waals surface area contributed by atoms with Gasteiger partial charge in [0.15, 0.2) is 0 Å². The molecule has 164 valence electrons. The lowest BCUT2D eigenvalue weighted by Crippen LogP contribution is -2.43. The Morgan fingerprint density at radius 1 is 1.13 bits per heavy atom. The fourth-order valence-corrected chi connectivity index (χ4v) is 4.53. The van der Waals surface area contributed by atoms with Crippen LogP contribution in [-0.4, -0.2) is 44.8 Å². The highest BCUT2D eigenvalue weighted by atomic mass is 32.1. The summed E-state index contributed by atoms with van der Waals surface area (Å²) < 4.78 is 1.35. The van der Waals surface area contributed by atoms with Gasteiger partial charge in [-0.05, 0) is 67.3 Å². The Bertz CT molecular complexity index is 1140. The van der Waals surface area contributed by atoms with Gasteiger partial charge in [0.25, 0.3) is 0 Å². The second kappa shape index (κ2) is 9.09. The summed E-state index contributed by atoms with van der Waals surface area (Å²) in [7, 11) is 0. The highest BCUT2D eigenvalue weighted by molar-refractivity contribution is 7.03. The number of aromatic hydroxyl groups is 1. The topological polar surface area (TPSA) is 111 Å². The van der Waals surface area contributed by atoms with Crippen LogP contribution >= 0.6 is 11.5 Å². The number of benzene rings is 2. The van der Waals surface area contributed by atoms with Crippen LogP contribution in [0.3, 0.4) is 0 Å². The van der Waals surface area contributed by atoms with Gasteiger partial charge in [-0.15, -0.1) is 0 Å². The standard InChI is InChI=1S/C22H26N4O4S/c1-14-12-15(2-7-19(14)27)20(28)13-23-16-8-10-25(11-9-16)17-3-5-18(6-4-17)26-21(29)24-22(30)31-26/h2-7,12,16,20,23,27-28H,8-11,13H2,1H3,(H,24,29,30)/t20-/m0/s1. The van der Waals surface area contributed by atoms with Crippen LogP contribution in [-0.2, 0) is 0 Å². The van der Waals surface area contributed by atoms with E-state index in [2.05, 4.69) is 15.2 Å². The number of aromatic amines is 1. The van der Waals surface area contributed by atoms with Crippen LogP contribution in [0, 0.1) is 6.92 Å². The zero-order valence-electron chi connectivity index (χ0n) is 17.2. The molecule has 0 radical (unpaired) electrons. The van der Waals surface area contributed by atoms with Crippen LogP contribution in [0.5, 0.6) is 5.75 Å². The lowest BCUT2D eigenvalue weighted by Gasteiger charge is -2.34. The Balaban J connectivity index is 1.29. The zero-order valence-corrected chi connectivity index (χ0v) is 18.1. The maximum Gasteiger partial charge on any atom is 0.343 e. The Morgan fingerprint density at radius 3 is 2.42 bits per heavy atom. The van der Waals surface area contributed by atoms with Gasteiger partial charge in [-0.25, -0.2) is 8.75 Å². The maximum atomic E-state index is 11.8. The van der Waals surface area contributed by atoms with E-state index in [1.165, 1.54) is 3.96 Å². The molecular formula is C22H26N4O4S. The lowest BCUT2D eigenvalue weighted by molar-refractivity contribution is 0.167. The third-order valence-corrected chi connectivity index (χ3v) is 6.54. The molecule has 9 heteroatoms. The summed E-state index contributed by atoms with van der Waals surface area (Å²) in [5.74, 6) is 0.236. The molecular weight excluding hydrogens is 416 g/mol. The number of piperidine rings is 1. The monoisotopic (exact) mass is 442 g/mol. The molecule has 1 saturated heterocycles. The molecule has 0 saturated carbocycles. The van der Waals surface area contributed by atoms with Gasteiger partial charge in [0.1, 0.15) is 5.75 Å². The highest BCUT2D eigenvalue weighted by Crippen LogP contribution is 2.23. The van der Waals surface area contributed by atoms with Crippen molar-refractivity contribution in [2.75, 3.05) is 24.5 Å². The Hall–Kier alpha value is -2.88. The van der Waals surface area contributed by atoms with Gasteiger partial charge >= 0.3 is 10.6 Å². The quantitative estimate of drug-likeness (QED) is 0.464. The van der Waals surface area contributed by atoms with E-state index in [0.29, 0.717) is 18.3 Å². The molecule has 0 unspecified atom stereocenters. The number of nitrogens with zero attached hydrogens (tertiary/aromatic N) is 2. The van der Waals surface area contributed by atoms with E-state index in [0.717, 1.165) is 54.3 Å². The molecule has 0 aliphatic carbocycles. The van der Waals surface area contributed by atoms with Crippen molar-refractivity contribution in [3.8, 4) is 11.4 Å². The number of phenolic OH excluding ortho intramolecular Hbond substituents is 1. The Labute approximate surface area is 183 Å². The molecule has 2 aromatic carbocycles. The van der Waals surface area contributed by atoms with E-state index >= 15 is 0 Å². The smallest absolute Gasteiger partial charge is 0.343 e. The van der Waals surface area contributed by atoms with E-state index < -0.39 is 11.8 Å². The van der Waals surface area contributed by atoms with Gasteiger partial charge in [0.2, 0.25) is 0 Å². The van der Waals surface area contributed by atoms with Gasteiger partial charge < -0.3 is 20.4 Å². The summed E-state index contributed by atoms with van der Waals surface area (Å²) in [6.45, 7) is 4.07. The Morgan fingerprint density at radius 2 is 1.81 bits per heavy atom. The van der Waals surface area contributed by atoms with Crippen molar-refractivity contribution < 1.29 is 10.2 Å². The third kappa shape index (κ3) is 4.90. The van der Waals surface area contributed by atoms with Gasteiger partial charge in [-0.1, -0.05) is 6.07 Å². The number of H-pyrrole nitrogens is 1. The van der Waals surface area contributed by atoms with Gasteiger partial charge in [0, 0.05) is 42.9 Å². The predicted octanol–water partition coefficient (Wildman–Crippen LogP) is 1.89. The summed E-state index contributed by atoms with van der Waals surface area (Å²) in [6, 6.07) is 13.1. The number of hydrogen-bond donors (Lipinski definition) is 4. The van der Waals surface area contributed by atoms with Crippen LogP contribution < -0.4 is 20.8 Å². The summed E-state index contributed by atoms with van der Waals surface area (Å²) in [4.78, 5) is 27.3. The molecule has 0 bridgehead atoms. The van der Waals surface area contributed by atoms with Crippen molar-refractivity contribution in [3.63, 3.8) is 0 Å². The first-order chi connectivity index (χ1) is 14.9. The largest absolute Gasteiger partial charge is 0.508 e. The van der Waals surface area contributed by atoms with E-state index in [4.69, 9.17) is 0 Å². The number of rotatable bonds is 6. The molecule has 31 heavy (non-hydrogen) atoms. The SMILES string of the molecule is Cc1cc([C@@H](O)CNC2CCN(c3ccc(-n4sc(=O)[nH]c4=O)cc3)CC2)ccc1O. The molecule has 4 rings (SSSR count). The fraction of sp³-hybridized carbons (Fsp3) is 0.364. The molecule has 1 aliphatic heterocycles. The number of phenols is 1. The molecule has 2 heterocycles. The van der Waals surface area contributed by atoms with Crippen molar-refractivity contribution in [1.29, 1.82) is 0 Å². The van der Waals surface area contributed by atoms with Crippen LogP contribution in [0.1, 0.15) is 30.1 Å². The second-order valence-corrected chi connectivity index (χ2v) is 8.77. The van der Waals surface area contributed by atoms with E-state index in [1.807, 2.05) is 37.3 Å². The number of nitrogens with one attached hydrogen (secondary N) is 2. The summed E-state index contributed by atoms with van der Waals surface area (Å²) in [5.41, 5.74) is 2.89. The minimum Gasteiger partial charge on any atom is -0.508 e. The summed E-state index contributed by atoms with van der Waals surface area (Å²) in [5, 5.41) is 23.5. The van der Waals surface area contributed by atoms with Crippen molar-refractivity contribution in [2.24, 2.45) is 0 Å². The predicted molar refractivity (Wildman–Crippen MR) is 122 cm³/mol. The van der Waals surface area contributed by atoms with Crippen LogP contribution in [0.2, 0.25) is 0 Å². The summed E-state index contributed by atoms with van der Waals surface area (Å²) >= 11 is 0.855. The fourth-order valence-electron chi connectivity index (χ4n) is 3.88. The molecule has 1 aromatic heterocycles. The van der Waals surface area contributed by atoms with Crippen LogP contribution in [0.4, 0.5) is 5.69 Å². The van der Waals surface area contributed by atoms with Crippen molar-refractivity contribution >= 4 is 17.2 Å². The van der Waals surface area contributed by atoms with Crippen molar-refractivity contribution in [2.45, 2.75) is 31.9 Å². The number of anilines is 1. The molecule has 0 amide bonds. The third-order valence-electron chi connectivity index (χ3n) is 5.72. The molecule has 1 atom stereocenters. The van der Waals surface area contributed by atoms with Crippen molar-refractivity contribution in [1.82, 2.24) is 14.3 Å².